The van der Waals surface area contributed by atoms with Crippen LogP contribution in [0, 0.1) is 0 Å². The maximum Gasteiger partial charge on any atom is 0.143 e. The van der Waals surface area contributed by atoms with Gasteiger partial charge >= 0.3 is 0 Å². The molecule has 0 radical (unpaired) electrons. The molecule has 0 atom stereocenters. The first-order valence-corrected chi connectivity index (χ1v) is 22.5. The van der Waals surface area contributed by atoms with E-state index in [0.29, 0.717) is 0 Å². The number of fused-ring (bicyclic) bond motifs is 16. The maximum atomic E-state index is 7.04. The van der Waals surface area contributed by atoms with Gasteiger partial charge in [0, 0.05) is 22.0 Å². The van der Waals surface area contributed by atoms with E-state index in [1.807, 2.05) is 0 Å². The Hall–Kier alpha value is -8.46. The average molecular weight is 826 g/mol. The molecule has 11 aromatic carbocycles. The Bertz CT molecular complexity index is 3850. The third kappa shape index (κ3) is 5.05. The highest BCUT2D eigenvalue weighted by molar-refractivity contribution is 6.23. The molecule has 1 spiro atoms. The zero-order valence-corrected chi connectivity index (χ0v) is 35.4. The topological polar surface area (TPSA) is 16.4 Å². The molecule has 0 N–H and O–H groups in total. The SMILES string of the molecule is c1ccc(-c2ccc(N(c3cccc4c3-c3ccccc3C43c4ccccc4-c4ccccc43)c3cccc4oc5c6ccccc6c(-c6ccc7ccccc7c6)cc5c34)cc2)cc1. The zero-order chi connectivity index (χ0) is 42.6. The van der Waals surface area contributed by atoms with Gasteiger partial charge in [-0.25, -0.2) is 0 Å². The van der Waals surface area contributed by atoms with Crippen molar-refractivity contribution in [3.05, 3.63) is 259 Å². The molecule has 0 aliphatic heterocycles. The van der Waals surface area contributed by atoms with Crippen LogP contribution >= 0.6 is 0 Å². The van der Waals surface area contributed by atoms with Gasteiger partial charge in [-0.05, 0) is 120 Å². The van der Waals surface area contributed by atoms with Crippen molar-refractivity contribution in [2.75, 3.05) is 4.90 Å². The molecule has 0 saturated carbocycles. The second-order valence-electron chi connectivity index (χ2n) is 17.5. The van der Waals surface area contributed by atoms with Crippen LogP contribution in [0.5, 0.6) is 0 Å². The zero-order valence-electron chi connectivity index (χ0n) is 35.4. The minimum absolute atomic E-state index is 0.472. The van der Waals surface area contributed by atoms with E-state index in [1.54, 1.807) is 0 Å². The Morgan fingerprint density at radius 2 is 0.908 bits per heavy atom. The van der Waals surface area contributed by atoms with Gasteiger partial charge < -0.3 is 9.32 Å². The van der Waals surface area contributed by atoms with Gasteiger partial charge in [-0.15, -0.1) is 0 Å². The van der Waals surface area contributed by atoms with E-state index in [-0.39, 0.29) is 0 Å². The highest BCUT2D eigenvalue weighted by Crippen LogP contribution is 2.65. The number of furan rings is 1. The molecule has 1 aromatic heterocycles. The number of hydrogen-bond acceptors (Lipinski definition) is 2. The number of rotatable bonds is 5. The van der Waals surface area contributed by atoms with Gasteiger partial charge in [0.2, 0.25) is 0 Å². The van der Waals surface area contributed by atoms with Gasteiger partial charge in [0.1, 0.15) is 11.2 Å². The summed E-state index contributed by atoms with van der Waals surface area (Å²) in [6, 6.07) is 87.0. The fraction of sp³-hybridized carbons (Fsp3) is 0.0159. The maximum absolute atomic E-state index is 7.04. The summed E-state index contributed by atoms with van der Waals surface area (Å²) in [5.74, 6) is 0. The molecule has 0 amide bonds. The molecule has 2 aliphatic carbocycles. The lowest BCUT2D eigenvalue weighted by molar-refractivity contribution is 0.672. The van der Waals surface area contributed by atoms with Gasteiger partial charge in [0.15, 0.2) is 0 Å². The molecule has 2 aliphatic rings. The minimum atomic E-state index is -0.472. The van der Waals surface area contributed by atoms with Crippen LogP contribution in [0.2, 0.25) is 0 Å². The van der Waals surface area contributed by atoms with Gasteiger partial charge in [-0.3, -0.25) is 0 Å². The molecule has 12 aromatic rings. The predicted octanol–water partition coefficient (Wildman–Crippen LogP) is 17.0. The molecule has 14 rings (SSSR count). The summed E-state index contributed by atoms with van der Waals surface area (Å²) in [4.78, 5) is 2.50. The van der Waals surface area contributed by atoms with Crippen LogP contribution in [-0.4, -0.2) is 0 Å². The van der Waals surface area contributed by atoms with Gasteiger partial charge in [-0.1, -0.05) is 194 Å². The van der Waals surface area contributed by atoms with Crippen molar-refractivity contribution in [2.24, 2.45) is 0 Å². The standard InChI is InChI=1S/C63H39NO/c1-2-16-40(17-3-1)42-34-36-45(37-35-42)64(57-29-14-28-56-60(57)50-24-10-13-27-55(50)63(56)53-25-11-8-21-47(53)48-22-9-12-26-54(48)63)58-30-15-31-59-61(58)52-39-51(46-20-6-7-23-49(46)62(52)65-59)44-33-32-41-18-4-5-19-43(41)38-44/h1-39H. The van der Waals surface area contributed by atoms with Crippen molar-refractivity contribution >= 4 is 60.5 Å². The van der Waals surface area contributed by atoms with Crippen molar-refractivity contribution < 1.29 is 4.42 Å². The van der Waals surface area contributed by atoms with Crippen LogP contribution in [-0.2, 0) is 5.41 Å². The minimum Gasteiger partial charge on any atom is -0.455 e. The Kier molecular flexibility index (Phi) is 7.64. The number of benzene rings is 11. The Morgan fingerprint density at radius 1 is 0.338 bits per heavy atom. The molecule has 302 valence electrons. The highest BCUT2D eigenvalue weighted by atomic mass is 16.3. The normalized spacial score (nSPS) is 13.0. The summed E-state index contributed by atoms with van der Waals surface area (Å²) < 4.78 is 7.04. The van der Waals surface area contributed by atoms with E-state index in [4.69, 9.17) is 4.42 Å². The fourth-order valence-electron chi connectivity index (χ4n) is 11.6. The highest BCUT2D eigenvalue weighted by Gasteiger charge is 2.52. The lowest BCUT2D eigenvalue weighted by Crippen LogP contribution is -2.26. The molecule has 0 unspecified atom stereocenters. The molecular weight excluding hydrogens is 787 g/mol. The van der Waals surface area contributed by atoms with Crippen molar-refractivity contribution in [3.8, 4) is 44.5 Å². The molecule has 0 fully saturated rings. The Morgan fingerprint density at radius 3 is 1.68 bits per heavy atom. The molecule has 0 saturated heterocycles. The van der Waals surface area contributed by atoms with E-state index < -0.39 is 5.41 Å². The summed E-state index contributed by atoms with van der Waals surface area (Å²) in [5, 5.41) is 6.90. The molecule has 65 heavy (non-hydrogen) atoms. The molecule has 1 heterocycles. The van der Waals surface area contributed by atoms with Crippen molar-refractivity contribution in [1.82, 2.24) is 0 Å². The first kappa shape index (κ1) is 36.1. The third-order valence-electron chi connectivity index (χ3n) is 14.3. The van der Waals surface area contributed by atoms with E-state index in [0.717, 1.165) is 44.4 Å². The second-order valence-corrected chi connectivity index (χ2v) is 17.5. The van der Waals surface area contributed by atoms with Crippen LogP contribution < -0.4 is 4.90 Å². The van der Waals surface area contributed by atoms with Crippen LogP contribution in [0.25, 0.3) is 88.0 Å². The van der Waals surface area contributed by atoms with E-state index in [2.05, 4.69) is 241 Å². The first-order chi connectivity index (χ1) is 32.3. The smallest absolute Gasteiger partial charge is 0.143 e. The van der Waals surface area contributed by atoms with E-state index >= 15 is 0 Å². The second kappa shape index (κ2) is 13.8. The van der Waals surface area contributed by atoms with E-state index in [9.17, 15) is 0 Å². The summed E-state index contributed by atoms with van der Waals surface area (Å²) >= 11 is 0. The monoisotopic (exact) mass is 825 g/mol. The van der Waals surface area contributed by atoms with E-state index in [1.165, 1.54) is 82.9 Å². The van der Waals surface area contributed by atoms with Crippen molar-refractivity contribution in [1.29, 1.82) is 0 Å². The summed E-state index contributed by atoms with van der Waals surface area (Å²) in [6.07, 6.45) is 0. The lowest BCUT2D eigenvalue weighted by Gasteiger charge is -2.32. The Balaban J connectivity index is 1.07. The molecule has 2 heteroatoms. The van der Waals surface area contributed by atoms with Crippen LogP contribution in [0.15, 0.2) is 241 Å². The predicted molar refractivity (Wildman–Crippen MR) is 271 cm³/mol. The summed E-state index contributed by atoms with van der Waals surface area (Å²) in [6.45, 7) is 0. The third-order valence-corrected chi connectivity index (χ3v) is 14.3. The quantitative estimate of drug-likeness (QED) is 0.172. The Labute approximate surface area is 376 Å². The first-order valence-electron chi connectivity index (χ1n) is 22.5. The molecule has 0 bridgehead atoms. The number of nitrogens with zero attached hydrogens (tertiary/aromatic N) is 1. The molecule has 2 nitrogen and oxygen atoms in total. The van der Waals surface area contributed by atoms with Crippen LogP contribution in [0.1, 0.15) is 22.3 Å². The van der Waals surface area contributed by atoms with Crippen LogP contribution in [0.4, 0.5) is 17.1 Å². The van der Waals surface area contributed by atoms with Crippen molar-refractivity contribution in [2.45, 2.75) is 5.41 Å². The van der Waals surface area contributed by atoms with Gasteiger partial charge in [-0.2, -0.15) is 0 Å². The summed E-state index contributed by atoms with van der Waals surface area (Å²) in [5.41, 5.74) is 19.6. The number of hydrogen-bond donors (Lipinski definition) is 0. The largest absolute Gasteiger partial charge is 0.455 e. The average Bonchev–Trinajstić information content (AvgIpc) is 4.02. The fourth-order valence-corrected chi connectivity index (χ4v) is 11.6. The van der Waals surface area contributed by atoms with Crippen molar-refractivity contribution in [3.63, 3.8) is 0 Å². The summed E-state index contributed by atoms with van der Waals surface area (Å²) in [7, 11) is 0. The molecular formula is C63H39NO. The van der Waals surface area contributed by atoms with Gasteiger partial charge in [0.25, 0.3) is 0 Å². The lowest BCUT2D eigenvalue weighted by atomic mass is 9.70. The van der Waals surface area contributed by atoms with Gasteiger partial charge in [0.05, 0.1) is 22.2 Å². The number of anilines is 3. The van der Waals surface area contributed by atoms with Crippen LogP contribution in [0.3, 0.4) is 0 Å².